The first-order valence-electron chi connectivity index (χ1n) is 7.63. The van der Waals surface area contributed by atoms with Gasteiger partial charge in [-0.3, -0.25) is 4.79 Å². The Labute approximate surface area is 150 Å². The highest BCUT2D eigenvalue weighted by Crippen LogP contribution is 2.24. The SMILES string of the molecule is Cc1nn(-c2ccccc2)c(Cl)c1/C=C/C(=O)c1cccc(C#N)c1. The molecule has 0 N–H and O–H groups in total. The summed E-state index contributed by atoms with van der Waals surface area (Å²) in [6.07, 6.45) is 3.10. The lowest BCUT2D eigenvalue weighted by atomic mass is 10.1. The molecule has 2 aromatic carbocycles. The van der Waals surface area contributed by atoms with Crippen molar-refractivity contribution in [3.8, 4) is 11.8 Å². The van der Waals surface area contributed by atoms with Gasteiger partial charge >= 0.3 is 0 Å². The van der Waals surface area contributed by atoms with Crippen LogP contribution in [0, 0.1) is 18.3 Å². The molecule has 0 atom stereocenters. The number of halogens is 1. The summed E-state index contributed by atoms with van der Waals surface area (Å²) in [4.78, 5) is 12.3. The number of rotatable bonds is 4. The zero-order valence-corrected chi connectivity index (χ0v) is 14.2. The fraction of sp³-hybridized carbons (Fsp3) is 0.0500. The summed E-state index contributed by atoms with van der Waals surface area (Å²) in [5.41, 5.74) is 3.17. The molecule has 0 spiro atoms. The predicted molar refractivity (Wildman–Crippen MR) is 97.8 cm³/mol. The number of nitrogens with zero attached hydrogens (tertiary/aromatic N) is 3. The quantitative estimate of drug-likeness (QED) is 0.512. The Bertz CT molecular complexity index is 998. The van der Waals surface area contributed by atoms with Crippen LogP contribution in [0.15, 0.2) is 60.7 Å². The second kappa shape index (κ2) is 7.16. The number of aryl methyl sites for hydroxylation is 1. The lowest BCUT2D eigenvalue weighted by Gasteiger charge is -2.02. The van der Waals surface area contributed by atoms with Gasteiger partial charge in [0.05, 0.1) is 23.0 Å². The fourth-order valence-corrected chi connectivity index (χ4v) is 2.77. The molecule has 1 aromatic heterocycles. The van der Waals surface area contributed by atoms with Crippen LogP contribution < -0.4 is 0 Å². The number of carbonyl (C=O) groups excluding carboxylic acids is 1. The van der Waals surface area contributed by atoms with E-state index < -0.39 is 0 Å². The molecule has 5 heteroatoms. The van der Waals surface area contributed by atoms with E-state index in [0.717, 1.165) is 11.4 Å². The van der Waals surface area contributed by atoms with E-state index in [-0.39, 0.29) is 5.78 Å². The van der Waals surface area contributed by atoms with Gasteiger partial charge in [-0.25, -0.2) is 4.68 Å². The highest BCUT2D eigenvalue weighted by molar-refractivity contribution is 6.31. The topological polar surface area (TPSA) is 58.7 Å². The van der Waals surface area contributed by atoms with Gasteiger partial charge in [0.2, 0.25) is 0 Å². The summed E-state index contributed by atoms with van der Waals surface area (Å²) >= 11 is 6.44. The monoisotopic (exact) mass is 347 g/mol. The van der Waals surface area contributed by atoms with Crippen LogP contribution in [0.25, 0.3) is 11.8 Å². The maximum absolute atomic E-state index is 12.3. The molecule has 0 aliphatic rings. The molecule has 0 radical (unpaired) electrons. The maximum atomic E-state index is 12.3. The third-order valence-corrected chi connectivity index (χ3v) is 4.09. The van der Waals surface area contributed by atoms with Gasteiger partial charge in [0, 0.05) is 11.1 Å². The molecule has 0 aliphatic heterocycles. The summed E-state index contributed by atoms with van der Waals surface area (Å²) in [5.74, 6) is -0.194. The van der Waals surface area contributed by atoms with E-state index in [0.29, 0.717) is 21.8 Å². The molecular weight excluding hydrogens is 334 g/mol. The Morgan fingerprint density at radius 2 is 1.96 bits per heavy atom. The zero-order chi connectivity index (χ0) is 17.8. The van der Waals surface area contributed by atoms with Crippen LogP contribution in [0.3, 0.4) is 0 Å². The smallest absolute Gasteiger partial charge is 0.185 e. The molecule has 0 saturated carbocycles. The van der Waals surface area contributed by atoms with Crippen molar-refractivity contribution < 1.29 is 4.79 Å². The molecule has 3 rings (SSSR count). The Balaban J connectivity index is 1.90. The second-order valence-electron chi connectivity index (χ2n) is 5.43. The highest BCUT2D eigenvalue weighted by atomic mass is 35.5. The molecule has 0 fully saturated rings. The van der Waals surface area contributed by atoms with Gasteiger partial charge in [0.25, 0.3) is 0 Å². The van der Waals surface area contributed by atoms with Crippen molar-refractivity contribution in [3.63, 3.8) is 0 Å². The average Bonchev–Trinajstić information content (AvgIpc) is 2.94. The first-order valence-corrected chi connectivity index (χ1v) is 8.01. The minimum Gasteiger partial charge on any atom is -0.289 e. The number of hydrogen-bond donors (Lipinski definition) is 0. The van der Waals surface area contributed by atoms with Gasteiger partial charge in [0.15, 0.2) is 5.78 Å². The largest absolute Gasteiger partial charge is 0.289 e. The molecule has 0 bridgehead atoms. The van der Waals surface area contributed by atoms with Crippen LogP contribution in [0.5, 0.6) is 0 Å². The normalized spacial score (nSPS) is 10.8. The van der Waals surface area contributed by atoms with Crippen LogP contribution in [0.1, 0.15) is 27.2 Å². The number of hydrogen-bond acceptors (Lipinski definition) is 3. The van der Waals surface area contributed by atoms with Crippen molar-refractivity contribution in [1.82, 2.24) is 9.78 Å². The Hall–Kier alpha value is -3.16. The predicted octanol–water partition coefficient (Wildman–Crippen LogP) is 4.60. The molecule has 0 amide bonds. The lowest BCUT2D eigenvalue weighted by Crippen LogP contribution is -1.96. The number of carbonyl (C=O) groups is 1. The molecular formula is C20H14ClN3O. The molecule has 3 aromatic rings. The Morgan fingerprint density at radius 3 is 2.68 bits per heavy atom. The number of para-hydroxylation sites is 1. The third-order valence-electron chi connectivity index (χ3n) is 3.73. The van der Waals surface area contributed by atoms with Gasteiger partial charge in [-0.05, 0) is 43.3 Å². The van der Waals surface area contributed by atoms with Crippen molar-refractivity contribution >= 4 is 23.5 Å². The Kier molecular flexibility index (Phi) is 4.78. The Morgan fingerprint density at radius 1 is 1.20 bits per heavy atom. The number of benzene rings is 2. The molecule has 1 heterocycles. The number of ketones is 1. The lowest BCUT2D eigenvalue weighted by molar-refractivity contribution is 0.104. The van der Waals surface area contributed by atoms with Crippen molar-refractivity contribution in [2.24, 2.45) is 0 Å². The van der Waals surface area contributed by atoms with Crippen LogP contribution >= 0.6 is 11.6 Å². The minimum absolute atomic E-state index is 0.194. The summed E-state index contributed by atoms with van der Waals surface area (Å²) in [6.45, 7) is 1.84. The maximum Gasteiger partial charge on any atom is 0.185 e. The van der Waals surface area contributed by atoms with E-state index in [4.69, 9.17) is 16.9 Å². The first-order chi connectivity index (χ1) is 12.1. The van der Waals surface area contributed by atoms with Gasteiger partial charge in [-0.15, -0.1) is 0 Å². The second-order valence-corrected chi connectivity index (χ2v) is 5.79. The summed E-state index contributed by atoms with van der Waals surface area (Å²) in [5, 5.41) is 13.8. The number of nitriles is 1. The minimum atomic E-state index is -0.194. The van der Waals surface area contributed by atoms with Gasteiger partial charge in [-0.2, -0.15) is 10.4 Å². The van der Waals surface area contributed by atoms with Gasteiger partial charge < -0.3 is 0 Å². The van der Waals surface area contributed by atoms with Crippen molar-refractivity contribution in [3.05, 3.63) is 88.2 Å². The van der Waals surface area contributed by atoms with Gasteiger partial charge in [0.1, 0.15) is 5.15 Å². The molecule has 122 valence electrons. The average molecular weight is 348 g/mol. The fourth-order valence-electron chi connectivity index (χ4n) is 2.44. The van der Waals surface area contributed by atoms with E-state index in [9.17, 15) is 4.79 Å². The van der Waals surface area contributed by atoms with E-state index >= 15 is 0 Å². The van der Waals surface area contributed by atoms with E-state index in [1.807, 2.05) is 43.3 Å². The van der Waals surface area contributed by atoms with Crippen LogP contribution in [0.2, 0.25) is 5.15 Å². The molecule has 0 saturated heterocycles. The van der Waals surface area contributed by atoms with Crippen molar-refractivity contribution in [2.45, 2.75) is 6.92 Å². The third kappa shape index (κ3) is 3.52. The molecule has 25 heavy (non-hydrogen) atoms. The van der Waals surface area contributed by atoms with Gasteiger partial charge in [-0.1, -0.05) is 41.9 Å². The number of allylic oxidation sites excluding steroid dienone is 1. The van der Waals surface area contributed by atoms with Crippen molar-refractivity contribution in [1.29, 1.82) is 5.26 Å². The summed E-state index contributed by atoms with van der Waals surface area (Å²) in [6, 6.07) is 18.2. The first kappa shape index (κ1) is 16.7. The molecule has 0 unspecified atom stereocenters. The highest BCUT2D eigenvalue weighted by Gasteiger charge is 2.13. The van der Waals surface area contributed by atoms with Crippen molar-refractivity contribution in [2.75, 3.05) is 0 Å². The summed E-state index contributed by atoms with van der Waals surface area (Å²) < 4.78 is 1.64. The standard InChI is InChI=1S/C20H14ClN3O/c1-14-18(20(21)24(23-14)17-8-3-2-4-9-17)10-11-19(25)16-7-5-6-15(12-16)13-22/h2-12H,1H3/b11-10+. The molecule has 4 nitrogen and oxygen atoms in total. The number of aromatic nitrogens is 2. The zero-order valence-electron chi connectivity index (χ0n) is 13.5. The van der Waals surface area contributed by atoms with E-state index in [1.54, 1.807) is 35.0 Å². The van der Waals surface area contributed by atoms with E-state index in [1.165, 1.54) is 6.08 Å². The van der Waals surface area contributed by atoms with Crippen LogP contribution in [-0.2, 0) is 0 Å². The van der Waals surface area contributed by atoms with E-state index in [2.05, 4.69) is 5.10 Å². The van der Waals surface area contributed by atoms with Crippen LogP contribution in [-0.4, -0.2) is 15.6 Å². The molecule has 0 aliphatic carbocycles. The summed E-state index contributed by atoms with van der Waals surface area (Å²) in [7, 11) is 0. The van der Waals surface area contributed by atoms with Crippen LogP contribution in [0.4, 0.5) is 0 Å².